The standard InChI is InChI=1S/C22H24ClNO5S/c1-22(2,3)20(25)14-29-21(26)17-13-16(10-11-18(17)23)30(27,28)24-12-6-8-15-7-4-5-9-19(15)24/h4-5,7,9-11,13H,6,8,12,14H2,1-3H3. The van der Waals surface area contributed by atoms with E-state index in [1.807, 2.05) is 12.1 Å². The zero-order valence-electron chi connectivity index (χ0n) is 17.1. The fourth-order valence-electron chi connectivity index (χ4n) is 3.12. The average Bonchev–Trinajstić information content (AvgIpc) is 2.70. The number of sulfonamides is 1. The number of nitrogens with zero attached hydrogens (tertiary/aromatic N) is 1. The number of ketones is 1. The van der Waals surface area contributed by atoms with Crippen LogP contribution in [-0.4, -0.2) is 33.3 Å². The van der Waals surface area contributed by atoms with Gasteiger partial charge in [-0.25, -0.2) is 13.2 Å². The molecule has 1 aliphatic heterocycles. The Morgan fingerprint density at radius 1 is 1.13 bits per heavy atom. The Labute approximate surface area is 181 Å². The third-order valence-corrected chi connectivity index (χ3v) is 7.12. The number of esters is 1. The van der Waals surface area contributed by atoms with Crippen LogP contribution in [0.1, 0.15) is 43.1 Å². The third kappa shape index (κ3) is 4.52. The molecule has 2 aromatic rings. The quantitative estimate of drug-likeness (QED) is 0.637. The van der Waals surface area contributed by atoms with Gasteiger partial charge in [0.15, 0.2) is 12.4 Å². The topological polar surface area (TPSA) is 80.8 Å². The monoisotopic (exact) mass is 449 g/mol. The second-order valence-corrected chi connectivity index (χ2v) is 10.5. The van der Waals surface area contributed by atoms with Gasteiger partial charge in [0.05, 0.1) is 21.2 Å². The van der Waals surface area contributed by atoms with E-state index in [1.165, 1.54) is 22.5 Å². The van der Waals surface area contributed by atoms with Gasteiger partial charge in [-0.3, -0.25) is 9.10 Å². The number of halogens is 1. The molecule has 0 aliphatic carbocycles. The Balaban J connectivity index is 1.90. The predicted molar refractivity (Wildman–Crippen MR) is 115 cm³/mol. The lowest BCUT2D eigenvalue weighted by Gasteiger charge is -2.30. The summed E-state index contributed by atoms with van der Waals surface area (Å²) < 4.78 is 33.1. The summed E-state index contributed by atoms with van der Waals surface area (Å²) in [5, 5.41) is 0.0567. The van der Waals surface area contributed by atoms with Crippen LogP contribution in [0.4, 0.5) is 5.69 Å². The molecule has 0 saturated carbocycles. The molecular weight excluding hydrogens is 426 g/mol. The second-order valence-electron chi connectivity index (χ2n) is 8.20. The molecule has 0 amide bonds. The Morgan fingerprint density at radius 2 is 1.83 bits per heavy atom. The van der Waals surface area contributed by atoms with E-state index in [0.717, 1.165) is 12.0 Å². The van der Waals surface area contributed by atoms with Crippen molar-refractivity contribution in [1.82, 2.24) is 0 Å². The minimum Gasteiger partial charge on any atom is -0.454 e. The number of Topliss-reactive ketones (excluding diaryl/α,β-unsaturated/α-hetero) is 1. The number of anilines is 1. The van der Waals surface area contributed by atoms with Gasteiger partial charge in [0.25, 0.3) is 10.0 Å². The van der Waals surface area contributed by atoms with E-state index < -0.39 is 28.0 Å². The normalized spacial score (nSPS) is 14.2. The lowest BCUT2D eigenvalue weighted by atomic mass is 9.91. The van der Waals surface area contributed by atoms with E-state index in [0.29, 0.717) is 18.7 Å². The van der Waals surface area contributed by atoms with Crippen LogP contribution in [0.25, 0.3) is 0 Å². The van der Waals surface area contributed by atoms with Crippen molar-refractivity contribution in [3.63, 3.8) is 0 Å². The maximum Gasteiger partial charge on any atom is 0.340 e. The molecule has 0 fully saturated rings. The van der Waals surface area contributed by atoms with Gasteiger partial charge in [0, 0.05) is 12.0 Å². The zero-order valence-corrected chi connectivity index (χ0v) is 18.7. The molecule has 6 nitrogen and oxygen atoms in total. The second kappa shape index (κ2) is 8.40. The van der Waals surface area contributed by atoms with E-state index in [2.05, 4.69) is 0 Å². The lowest BCUT2D eigenvalue weighted by Crippen LogP contribution is -2.35. The van der Waals surface area contributed by atoms with Gasteiger partial charge in [-0.05, 0) is 42.7 Å². The summed E-state index contributed by atoms with van der Waals surface area (Å²) in [4.78, 5) is 24.4. The van der Waals surface area contributed by atoms with Gasteiger partial charge in [-0.2, -0.15) is 0 Å². The Kier molecular flexibility index (Phi) is 6.24. The summed E-state index contributed by atoms with van der Waals surface area (Å²) in [6.07, 6.45) is 1.51. The molecule has 30 heavy (non-hydrogen) atoms. The molecule has 0 unspecified atom stereocenters. The summed E-state index contributed by atoms with van der Waals surface area (Å²) in [7, 11) is -3.90. The van der Waals surface area contributed by atoms with E-state index >= 15 is 0 Å². The molecule has 160 valence electrons. The van der Waals surface area contributed by atoms with Crippen molar-refractivity contribution in [3.05, 3.63) is 58.6 Å². The molecule has 8 heteroatoms. The molecule has 2 aromatic carbocycles. The molecule has 0 atom stereocenters. The van der Waals surface area contributed by atoms with Crippen LogP contribution in [0, 0.1) is 5.41 Å². The van der Waals surface area contributed by atoms with Crippen LogP contribution in [0.5, 0.6) is 0 Å². The van der Waals surface area contributed by atoms with E-state index in [9.17, 15) is 18.0 Å². The van der Waals surface area contributed by atoms with Gasteiger partial charge >= 0.3 is 5.97 Å². The van der Waals surface area contributed by atoms with E-state index in [-0.39, 0.29) is 21.3 Å². The van der Waals surface area contributed by atoms with Gasteiger partial charge in [0.2, 0.25) is 0 Å². The summed E-state index contributed by atoms with van der Waals surface area (Å²) in [6.45, 7) is 5.11. The van der Waals surface area contributed by atoms with Crippen molar-refractivity contribution in [2.45, 2.75) is 38.5 Å². The minimum atomic E-state index is -3.90. The number of aryl methyl sites for hydroxylation is 1. The van der Waals surface area contributed by atoms with Crippen LogP contribution < -0.4 is 4.31 Å². The van der Waals surface area contributed by atoms with Crippen molar-refractivity contribution >= 4 is 39.1 Å². The molecule has 1 aliphatic rings. The number of fused-ring (bicyclic) bond motifs is 1. The number of carbonyl (C=O) groups is 2. The molecule has 0 saturated heterocycles. The number of hydrogen-bond acceptors (Lipinski definition) is 5. The van der Waals surface area contributed by atoms with Crippen molar-refractivity contribution in [2.75, 3.05) is 17.5 Å². The van der Waals surface area contributed by atoms with E-state index in [1.54, 1.807) is 32.9 Å². The first-order valence-electron chi connectivity index (χ1n) is 9.62. The van der Waals surface area contributed by atoms with Crippen LogP contribution in [-0.2, 0) is 26.0 Å². The molecule has 3 rings (SSSR count). The van der Waals surface area contributed by atoms with Crippen LogP contribution in [0.15, 0.2) is 47.4 Å². The number of rotatable bonds is 5. The fourth-order valence-corrected chi connectivity index (χ4v) is 4.89. The summed E-state index contributed by atoms with van der Waals surface area (Å²) in [6, 6.07) is 11.3. The van der Waals surface area contributed by atoms with Crippen molar-refractivity contribution in [2.24, 2.45) is 5.41 Å². The number of benzene rings is 2. The number of hydrogen-bond donors (Lipinski definition) is 0. The Hall–Kier alpha value is -2.38. The highest BCUT2D eigenvalue weighted by Crippen LogP contribution is 2.33. The smallest absolute Gasteiger partial charge is 0.340 e. The number of para-hydroxylation sites is 1. The molecule has 0 aromatic heterocycles. The lowest BCUT2D eigenvalue weighted by molar-refractivity contribution is -0.129. The van der Waals surface area contributed by atoms with Gasteiger partial charge in [-0.1, -0.05) is 50.6 Å². The van der Waals surface area contributed by atoms with Crippen LogP contribution in [0.3, 0.4) is 0 Å². The number of carbonyl (C=O) groups excluding carboxylic acids is 2. The minimum absolute atomic E-state index is 0.0567. The first-order chi connectivity index (χ1) is 14.0. The van der Waals surface area contributed by atoms with E-state index in [4.69, 9.17) is 16.3 Å². The third-order valence-electron chi connectivity index (χ3n) is 4.98. The molecule has 1 heterocycles. The highest BCUT2D eigenvalue weighted by Gasteiger charge is 2.30. The van der Waals surface area contributed by atoms with Gasteiger partial charge in [-0.15, -0.1) is 0 Å². The van der Waals surface area contributed by atoms with Crippen molar-refractivity contribution < 1.29 is 22.7 Å². The molecule has 0 N–H and O–H groups in total. The molecule has 0 bridgehead atoms. The maximum atomic E-state index is 13.3. The molecule has 0 radical (unpaired) electrons. The van der Waals surface area contributed by atoms with Gasteiger partial charge in [0.1, 0.15) is 0 Å². The fraction of sp³-hybridized carbons (Fsp3) is 0.364. The zero-order chi connectivity index (χ0) is 22.1. The largest absolute Gasteiger partial charge is 0.454 e. The van der Waals surface area contributed by atoms with Crippen LogP contribution >= 0.6 is 11.6 Å². The van der Waals surface area contributed by atoms with Gasteiger partial charge < -0.3 is 4.74 Å². The SMILES string of the molecule is CC(C)(C)C(=O)COC(=O)c1cc(S(=O)(=O)N2CCCc3ccccc32)ccc1Cl. The average molecular weight is 450 g/mol. The Bertz CT molecular complexity index is 1090. The number of ether oxygens (including phenoxy) is 1. The highest BCUT2D eigenvalue weighted by atomic mass is 35.5. The molecular formula is C22H24ClNO5S. The Morgan fingerprint density at radius 3 is 2.53 bits per heavy atom. The summed E-state index contributed by atoms with van der Waals surface area (Å²) in [5.74, 6) is -1.09. The van der Waals surface area contributed by atoms with Crippen molar-refractivity contribution in [1.29, 1.82) is 0 Å². The van der Waals surface area contributed by atoms with Crippen LogP contribution in [0.2, 0.25) is 5.02 Å². The maximum absolute atomic E-state index is 13.3. The summed E-state index contributed by atoms with van der Waals surface area (Å²) >= 11 is 6.12. The molecule has 0 spiro atoms. The predicted octanol–water partition coefficient (Wildman–Crippen LogP) is 4.25. The first kappa shape index (κ1) is 22.3. The van der Waals surface area contributed by atoms with Crippen molar-refractivity contribution in [3.8, 4) is 0 Å². The highest BCUT2D eigenvalue weighted by molar-refractivity contribution is 7.92. The first-order valence-corrected chi connectivity index (χ1v) is 11.4. The summed E-state index contributed by atoms with van der Waals surface area (Å²) in [5.41, 5.74) is 0.849.